The highest BCUT2D eigenvalue weighted by atomic mass is 35.5. The molecule has 152 valence electrons. The number of hydrogen-bond donors (Lipinski definition) is 1. The van der Waals surface area contributed by atoms with Gasteiger partial charge in [-0.2, -0.15) is 5.10 Å². The Bertz CT molecular complexity index is 1200. The Hall–Kier alpha value is -3.29. The maximum absolute atomic E-state index is 12.5. The van der Waals surface area contributed by atoms with Crippen LogP contribution < -0.4 is 10.1 Å². The summed E-state index contributed by atoms with van der Waals surface area (Å²) in [6.07, 6.45) is 3.25. The van der Waals surface area contributed by atoms with Gasteiger partial charge in [0.15, 0.2) is 11.5 Å². The van der Waals surface area contributed by atoms with E-state index in [1.54, 1.807) is 48.5 Å². The lowest BCUT2D eigenvalue weighted by atomic mass is 10.1. The van der Waals surface area contributed by atoms with Crippen LogP contribution in [0.25, 0.3) is 11.3 Å². The van der Waals surface area contributed by atoms with Gasteiger partial charge in [0.2, 0.25) is 0 Å². The van der Waals surface area contributed by atoms with Crippen LogP contribution >= 0.6 is 23.2 Å². The second kappa shape index (κ2) is 8.61. The highest BCUT2D eigenvalue weighted by Gasteiger charge is 2.15. The number of hydrogen-bond acceptors (Lipinski definition) is 5. The van der Waals surface area contributed by atoms with Gasteiger partial charge in [0.1, 0.15) is 5.75 Å². The highest BCUT2D eigenvalue weighted by Crippen LogP contribution is 2.25. The molecular weight excluding hydrogens is 427 g/mol. The van der Waals surface area contributed by atoms with Crippen molar-refractivity contribution in [2.24, 2.45) is 0 Å². The van der Waals surface area contributed by atoms with Gasteiger partial charge in [-0.1, -0.05) is 46.6 Å². The molecule has 4 aromatic rings. The molecule has 0 saturated heterocycles. The van der Waals surface area contributed by atoms with Gasteiger partial charge in [-0.25, -0.2) is 0 Å². The first-order chi connectivity index (χ1) is 14.5. The Balaban J connectivity index is 1.44. The van der Waals surface area contributed by atoms with E-state index in [4.69, 9.17) is 32.5 Å². The minimum Gasteiger partial charge on any atom is -0.497 e. The Morgan fingerprint density at radius 2 is 2.07 bits per heavy atom. The normalized spacial score (nSPS) is 10.8. The van der Waals surface area contributed by atoms with Gasteiger partial charge in [-0.3, -0.25) is 9.48 Å². The third kappa shape index (κ3) is 4.48. The summed E-state index contributed by atoms with van der Waals surface area (Å²) in [5.41, 5.74) is 2.30. The molecule has 2 aromatic carbocycles. The standard InChI is InChI=1S/C21H16Cl2N4O3/c1-29-17-4-2-3-13(7-17)20-9-19(26-30-20)21(28)25-16-10-24-27(12-16)11-14-5-6-15(22)8-18(14)23/h2-10,12H,11H2,1H3,(H,25,28). The number of halogens is 2. The summed E-state index contributed by atoms with van der Waals surface area (Å²) < 4.78 is 12.2. The van der Waals surface area contributed by atoms with Crippen molar-refractivity contribution in [3.8, 4) is 17.1 Å². The molecule has 9 heteroatoms. The zero-order chi connectivity index (χ0) is 21.1. The van der Waals surface area contributed by atoms with Crippen LogP contribution in [0, 0.1) is 0 Å². The van der Waals surface area contributed by atoms with Gasteiger partial charge in [0, 0.05) is 27.9 Å². The van der Waals surface area contributed by atoms with E-state index in [0.29, 0.717) is 33.8 Å². The molecule has 2 heterocycles. The summed E-state index contributed by atoms with van der Waals surface area (Å²) in [5, 5.41) is 12.0. The van der Waals surface area contributed by atoms with Crippen molar-refractivity contribution in [2.75, 3.05) is 12.4 Å². The lowest BCUT2D eigenvalue weighted by Gasteiger charge is -2.05. The molecule has 1 N–H and O–H groups in total. The van der Waals surface area contributed by atoms with Crippen LogP contribution in [-0.4, -0.2) is 28.0 Å². The zero-order valence-electron chi connectivity index (χ0n) is 15.8. The fraction of sp³-hybridized carbons (Fsp3) is 0.0952. The Labute approximate surface area is 182 Å². The Morgan fingerprint density at radius 1 is 1.20 bits per heavy atom. The van der Waals surface area contributed by atoms with Gasteiger partial charge in [0.05, 0.1) is 25.5 Å². The molecule has 0 unspecified atom stereocenters. The van der Waals surface area contributed by atoms with E-state index < -0.39 is 5.91 Å². The largest absolute Gasteiger partial charge is 0.497 e. The number of nitrogens with one attached hydrogen (secondary N) is 1. The van der Waals surface area contributed by atoms with Crippen molar-refractivity contribution >= 4 is 34.8 Å². The van der Waals surface area contributed by atoms with E-state index in [-0.39, 0.29) is 5.69 Å². The summed E-state index contributed by atoms with van der Waals surface area (Å²) >= 11 is 12.1. The van der Waals surface area contributed by atoms with E-state index in [2.05, 4.69) is 15.6 Å². The Kier molecular flexibility index (Phi) is 5.74. The van der Waals surface area contributed by atoms with E-state index >= 15 is 0 Å². The summed E-state index contributed by atoms with van der Waals surface area (Å²) in [7, 11) is 1.58. The summed E-state index contributed by atoms with van der Waals surface area (Å²) in [5.74, 6) is 0.743. The number of benzene rings is 2. The fourth-order valence-electron chi connectivity index (χ4n) is 2.83. The molecule has 0 atom stereocenters. The number of ether oxygens (including phenoxy) is 1. The van der Waals surface area contributed by atoms with Crippen LogP contribution in [0.1, 0.15) is 16.1 Å². The summed E-state index contributed by atoms with van der Waals surface area (Å²) in [6, 6.07) is 14.1. The second-order valence-corrected chi connectivity index (χ2v) is 7.27. The maximum atomic E-state index is 12.5. The molecule has 2 aromatic heterocycles. The van der Waals surface area contributed by atoms with Gasteiger partial charge >= 0.3 is 0 Å². The minimum absolute atomic E-state index is 0.154. The topological polar surface area (TPSA) is 82.2 Å². The quantitative estimate of drug-likeness (QED) is 0.446. The van der Waals surface area contributed by atoms with E-state index in [0.717, 1.165) is 11.1 Å². The molecule has 30 heavy (non-hydrogen) atoms. The van der Waals surface area contributed by atoms with Crippen molar-refractivity contribution in [2.45, 2.75) is 6.54 Å². The van der Waals surface area contributed by atoms with Crippen molar-refractivity contribution in [3.63, 3.8) is 0 Å². The number of amides is 1. The molecule has 0 aliphatic carbocycles. The number of rotatable bonds is 6. The van der Waals surface area contributed by atoms with Crippen LogP contribution in [-0.2, 0) is 6.54 Å². The molecule has 0 fully saturated rings. The Morgan fingerprint density at radius 3 is 2.87 bits per heavy atom. The lowest BCUT2D eigenvalue weighted by molar-refractivity contribution is 0.101. The SMILES string of the molecule is COc1cccc(-c2cc(C(=O)Nc3cnn(Cc4ccc(Cl)cc4Cl)c3)no2)c1. The smallest absolute Gasteiger partial charge is 0.277 e. The van der Waals surface area contributed by atoms with Crippen molar-refractivity contribution in [1.29, 1.82) is 0 Å². The van der Waals surface area contributed by atoms with Gasteiger partial charge in [0.25, 0.3) is 5.91 Å². The molecule has 0 aliphatic heterocycles. The predicted molar refractivity (Wildman–Crippen MR) is 114 cm³/mol. The van der Waals surface area contributed by atoms with Crippen LogP contribution in [0.4, 0.5) is 5.69 Å². The molecule has 0 aliphatic rings. The van der Waals surface area contributed by atoms with E-state index in [1.807, 2.05) is 24.3 Å². The first-order valence-electron chi connectivity index (χ1n) is 8.91. The number of anilines is 1. The van der Waals surface area contributed by atoms with Gasteiger partial charge in [-0.05, 0) is 29.8 Å². The second-order valence-electron chi connectivity index (χ2n) is 6.42. The van der Waals surface area contributed by atoms with Crippen LogP contribution in [0.5, 0.6) is 5.75 Å². The van der Waals surface area contributed by atoms with Crippen molar-refractivity contribution in [3.05, 3.63) is 82.2 Å². The number of carbonyl (C=O) groups is 1. The maximum Gasteiger partial charge on any atom is 0.277 e. The fourth-order valence-corrected chi connectivity index (χ4v) is 3.30. The molecule has 0 bridgehead atoms. The average Bonchev–Trinajstić information content (AvgIpc) is 3.40. The van der Waals surface area contributed by atoms with Crippen LogP contribution in [0.15, 0.2) is 65.4 Å². The molecule has 4 rings (SSSR count). The number of methoxy groups -OCH3 is 1. The van der Waals surface area contributed by atoms with Gasteiger partial charge < -0.3 is 14.6 Å². The third-order valence-corrected chi connectivity index (χ3v) is 4.92. The molecular formula is C21H16Cl2N4O3. The van der Waals surface area contributed by atoms with Crippen LogP contribution in [0.2, 0.25) is 10.0 Å². The molecule has 7 nitrogen and oxygen atoms in total. The summed E-state index contributed by atoms with van der Waals surface area (Å²) in [6.45, 7) is 0.440. The molecule has 0 radical (unpaired) electrons. The zero-order valence-corrected chi connectivity index (χ0v) is 17.3. The first kappa shape index (κ1) is 20.0. The summed E-state index contributed by atoms with van der Waals surface area (Å²) in [4.78, 5) is 12.5. The molecule has 0 spiro atoms. The molecule has 0 saturated carbocycles. The van der Waals surface area contributed by atoms with Gasteiger partial charge in [-0.15, -0.1) is 0 Å². The highest BCUT2D eigenvalue weighted by molar-refractivity contribution is 6.35. The lowest BCUT2D eigenvalue weighted by Crippen LogP contribution is -2.11. The van der Waals surface area contributed by atoms with Crippen molar-refractivity contribution < 1.29 is 14.1 Å². The predicted octanol–water partition coefficient (Wildman–Crippen LogP) is 5.15. The van der Waals surface area contributed by atoms with Crippen LogP contribution in [0.3, 0.4) is 0 Å². The monoisotopic (exact) mass is 442 g/mol. The average molecular weight is 443 g/mol. The number of aromatic nitrogens is 3. The van der Waals surface area contributed by atoms with E-state index in [9.17, 15) is 4.79 Å². The third-order valence-electron chi connectivity index (χ3n) is 4.34. The van der Waals surface area contributed by atoms with E-state index in [1.165, 1.54) is 0 Å². The number of nitrogens with zero attached hydrogens (tertiary/aromatic N) is 3. The minimum atomic E-state index is -0.406. The van der Waals surface area contributed by atoms with Crippen molar-refractivity contribution in [1.82, 2.24) is 14.9 Å². The number of carbonyl (C=O) groups excluding carboxylic acids is 1. The first-order valence-corrected chi connectivity index (χ1v) is 9.66. The molecule has 1 amide bonds.